The molecule has 0 spiro atoms. The molecule has 0 aliphatic rings. The van der Waals surface area contributed by atoms with Crippen LogP contribution in [0.5, 0.6) is 0 Å². The van der Waals surface area contributed by atoms with Crippen LogP contribution in [0.25, 0.3) is 10.1 Å². The molecule has 0 aliphatic heterocycles. The summed E-state index contributed by atoms with van der Waals surface area (Å²) in [5, 5.41) is 12.0. The minimum atomic E-state index is 0.597. The topological polar surface area (TPSA) is 49.8 Å². The molecule has 2 N–H and O–H groups in total. The van der Waals surface area contributed by atoms with Crippen molar-refractivity contribution in [2.24, 2.45) is 0 Å². The molecule has 0 aliphatic carbocycles. The van der Waals surface area contributed by atoms with Crippen LogP contribution in [0.3, 0.4) is 0 Å². The minimum absolute atomic E-state index is 0.597. The number of fused-ring (bicyclic) bond motifs is 1. The molecule has 4 heteroatoms. The molecule has 1 aromatic heterocycles. The lowest BCUT2D eigenvalue weighted by atomic mass is 10.1. The van der Waals surface area contributed by atoms with Crippen LogP contribution in [0.2, 0.25) is 5.02 Å². The molecule has 64 valence electrons. The molecule has 0 atom stereocenters. The number of nitrogen functional groups attached to an aromatic ring is 1. The van der Waals surface area contributed by atoms with Gasteiger partial charge in [0.25, 0.3) is 0 Å². The van der Waals surface area contributed by atoms with Crippen molar-refractivity contribution in [3.8, 4) is 6.07 Å². The number of hydrogen-bond donors (Lipinski definition) is 1. The molecule has 1 heterocycles. The Morgan fingerprint density at radius 1 is 1.46 bits per heavy atom. The summed E-state index contributed by atoms with van der Waals surface area (Å²) in [6.45, 7) is 0. The van der Waals surface area contributed by atoms with Crippen molar-refractivity contribution in [2.75, 3.05) is 5.73 Å². The molecule has 0 amide bonds. The number of halogens is 1. The van der Waals surface area contributed by atoms with Gasteiger partial charge in [-0.05, 0) is 12.1 Å². The Bertz CT molecular complexity index is 510. The van der Waals surface area contributed by atoms with Gasteiger partial charge < -0.3 is 5.73 Å². The fraction of sp³-hybridized carbons (Fsp3) is 0. The third-order valence-electron chi connectivity index (χ3n) is 1.83. The van der Waals surface area contributed by atoms with Crippen molar-refractivity contribution < 1.29 is 0 Å². The highest BCUT2D eigenvalue weighted by Crippen LogP contribution is 2.35. The summed E-state index contributed by atoms with van der Waals surface area (Å²) in [6, 6.07) is 5.56. The number of rotatable bonds is 0. The second kappa shape index (κ2) is 2.91. The van der Waals surface area contributed by atoms with Gasteiger partial charge in [-0.15, -0.1) is 11.3 Å². The van der Waals surface area contributed by atoms with Crippen LogP contribution < -0.4 is 5.73 Å². The van der Waals surface area contributed by atoms with Gasteiger partial charge in [-0.2, -0.15) is 5.26 Å². The number of hydrogen-bond acceptors (Lipinski definition) is 3. The van der Waals surface area contributed by atoms with E-state index in [4.69, 9.17) is 22.6 Å². The van der Waals surface area contributed by atoms with E-state index in [1.807, 2.05) is 0 Å². The van der Waals surface area contributed by atoms with Crippen LogP contribution in [0, 0.1) is 11.3 Å². The summed E-state index contributed by atoms with van der Waals surface area (Å²) in [5.41, 5.74) is 6.95. The van der Waals surface area contributed by atoms with E-state index in [1.165, 1.54) is 11.3 Å². The highest BCUT2D eigenvalue weighted by Gasteiger charge is 2.09. The molecule has 0 radical (unpaired) electrons. The van der Waals surface area contributed by atoms with Gasteiger partial charge in [0.1, 0.15) is 6.07 Å². The molecule has 0 fully saturated rings. The summed E-state index contributed by atoms with van der Waals surface area (Å²) in [7, 11) is 0. The number of anilines is 1. The van der Waals surface area contributed by atoms with Gasteiger partial charge in [-0.1, -0.05) is 11.6 Å². The van der Waals surface area contributed by atoms with Crippen molar-refractivity contribution >= 4 is 38.7 Å². The second-order valence-electron chi connectivity index (χ2n) is 2.60. The van der Waals surface area contributed by atoms with Crippen LogP contribution >= 0.6 is 22.9 Å². The average Bonchev–Trinajstić information content (AvgIpc) is 2.56. The Morgan fingerprint density at radius 3 is 2.92 bits per heavy atom. The maximum atomic E-state index is 8.80. The standard InChI is InChI=1S/C9H5ClN2S/c10-6-1-2-7(12)8-5(3-11)4-13-9(6)8/h1-2,4H,12H2. The van der Waals surface area contributed by atoms with Crippen LogP contribution in [-0.2, 0) is 0 Å². The molecule has 2 rings (SSSR count). The highest BCUT2D eigenvalue weighted by atomic mass is 35.5. The molecule has 0 unspecified atom stereocenters. The van der Waals surface area contributed by atoms with E-state index < -0.39 is 0 Å². The fourth-order valence-electron chi connectivity index (χ4n) is 1.22. The molecule has 13 heavy (non-hydrogen) atoms. The maximum absolute atomic E-state index is 8.80. The van der Waals surface area contributed by atoms with E-state index >= 15 is 0 Å². The van der Waals surface area contributed by atoms with Gasteiger partial charge in [-0.3, -0.25) is 0 Å². The largest absolute Gasteiger partial charge is 0.398 e. The third-order valence-corrected chi connectivity index (χ3v) is 3.27. The Morgan fingerprint density at radius 2 is 2.23 bits per heavy atom. The Labute approximate surface area is 84.2 Å². The lowest BCUT2D eigenvalue weighted by molar-refractivity contribution is 1.52. The SMILES string of the molecule is N#Cc1csc2c(Cl)ccc(N)c12. The van der Waals surface area contributed by atoms with Crippen molar-refractivity contribution in [2.45, 2.75) is 0 Å². The summed E-state index contributed by atoms with van der Waals surface area (Å²) in [5.74, 6) is 0. The van der Waals surface area contributed by atoms with Gasteiger partial charge >= 0.3 is 0 Å². The number of nitrogens with two attached hydrogens (primary N) is 1. The molecule has 2 aromatic rings. The summed E-state index contributed by atoms with van der Waals surface area (Å²) >= 11 is 7.39. The van der Waals surface area contributed by atoms with Crippen molar-refractivity contribution in [3.05, 3.63) is 28.1 Å². The number of nitriles is 1. The van der Waals surface area contributed by atoms with E-state index in [0.717, 1.165) is 10.1 Å². The zero-order valence-electron chi connectivity index (χ0n) is 6.54. The molecule has 0 bridgehead atoms. The van der Waals surface area contributed by atoms with Crippen LogP contribution in [-0.4, -0.2) is 0 Å². The van der Waals surface area contributed by atoms with Crippen LogP contribution in [0.4, 0.5) is 5.69 Å². The van der Waals surface area contributed by atoms with E-state index in [9.17, 15) is 0 Å². The monoisotopic (exact) mass is 208 g/mol. The Hall–Kier alpha value is -1.24. The maximum Gasteiger partial charge on any atom is 0.101 e. The molecule has 2 nitrogen and oxygen atoms in total. The van der Waals surface area contributed by atoms with Gasteiger partial charge in [0.2, 0.25) is 0 Å². The average molecular weight is 209 g/mol. The molecule has 1 aromatic carbocycles. The minimum Gasteiger partial charge on any atom is -0.398 e. The molecule has 0 saturated carbocycles. The number of thiophene rings is 1. The van der Waals surface area contributed by atoms with E-state index in [-0.39, 0.29) is 0 Å². The molecular weight excluding hydrogens is 204 g/mol. The summed E-state index contributed by atoms with van der Waals surface area (Å²) in [4.78, 5) is 0. The molecular formula is C9H5ClN2S. The van der Waals surface area contributed by atoms with Gasteiger partial charge in [0.05, 0.1) is 15.3 Å². The van der Waals surface area contributed by atoms with Crippen LogP contribution in [0.1, 0.15) is 5.56 Å². The quantitative estimate of drug-likeness (QED) is 0.677. The first-order valence-corrected chi connectivity index (χ1v) is 4.85. The normalized spacial score (nSPS) is 10.2. The predicted octanol–water partition coefficient (Wildman–Crippen LogP) is 3.01. The first-order chi connectivity index (χ1) is 6.24. The summed E-state index contributed by atoms with van der Waals surface area (Å²) < 4.78 is 0.887. The Kier molecular flexibility index (Phi) is 1.87. The van der Waals surface area contributed by atoms with Gasteiger partial charge in [0, 0.05) is 16.5 Å². The first-order valence-electron chi connectivity index (χ1n) is 3.59. The zero-order chi connectivity index (χ0) is 9.42. The van der Waals surface area contributed by atoms with Crippen LogP contribution in [0.15, 0.2) is 17.5 Å². The first kappa shape index (κ1) is 8.36. The van der Waals surface area contributed by atoms with Crippen molar-refractivity contribution in [3.63, 3.8) is 0 Å². The lowest BCUT2D eigenvalue weighted by Crippen LogP contribution is -1.85. The van der Waals surface area contributed by atoms with E-state index in [1.54, 1.807) is 17.5 Å². The fourth-order valence-corrected chi connectivity index (χ4v) is 2.45. The smallest absolute Gasteiger partial charge is 0.101 e. The zero-order valence-corrected chi connectivity index (χ0v) is 8.12. The highest BCUT2D eigenvalue weighted by molar-refractivity contribution is 7.18. The van der Waals surface area contributed by atoms with Crippen molar-refractivity contribution in [1.29, 1.82) is 5.26 Å². The lowest BCUT2D eigenvalue weighted by Gasteiger charge is -1.97. The Balaban J connectivity index is 2.98. The summed E-state index contributed by atoms with van der Waals surface area (Å²) in [6.07, 6.45) is 0. The van der Waals surface area contributed by atoms with Gasteiger partial charge in [0.15, 0.2) is 0 Å². The second-order valence-corrected chi connectivity index (χ2v) is 3.89. The molecule has 0 saturated heterocycles. The van der Waals surface area contributed by atoms with Gasteiger partial charge in [-0.25, -0.2) is 0 Å². The number of nitrogens with zero attached hydrogens (tertiary/aromatic N) is 1. The van der Waals surface area contributed by atoms with E-state index in [2.05, 4.69) is 6.07 Å². The van der Waals surface area contributed by atoms with Crippen molar-refractivity contribution in [1.82, 2.24) is 0 Å². The third kappa shape index (κ3) is 1.15. The number of benzene rings is 1. The predicted molar refractivity (Wildman–Crippen MR) is 56.0 cm³/mol. The van der Waals surface area contributed by atoms with E-state index in [0.29, 0.717) is 16.3 Å².